The number of pyridine rings is 1. The van der Waals surface area contributed by atoms with Gasteiger partial charge in [-0.15, -0.1) is 0 Å². The highest BCUT2D eigenvalue weighted by Gasteiger charge is 2.36. The first-order chi connectivity index (χ1) is 15.3. The summed E-state index contributed by atoms with van der Waals surface area (Å²) in [5.41, 5.74) is 3.26. The standard InChI is InChI=1S/C25H24FNO5/c26-17-9-7-15(8-10-17)24-20-3-1-2-4-22(20)27(32)25(16-5-6-16)21(24)12-11-18(28)13-19(29)14-23(30)31/h1-4,7-12,16,18-19,28-29H,5-6,13-14H2,(H,30,31)/b12-11+/t18-,19-/m1/s1. The lowest BCUT2D eigenvalue weighted by molar-refractivity contribution is -0.586. The molecule has 1 heterocycles. The fraction of sp³-hybridized carbons (Fsp3) is 0.280. The summed E-state index contributed by atoms with van der Waals surface area (Å²) in [6.07, 6.45) is 2.00. The molecular formula is C25H24FNO5. The van der Waals surface area contributed by atoms with Crippen LogP contribution in [-0.4, -0.2) is 33.5 Å². The highest BCUT2D eigenvalue weighted by molar-refractivity contribution is 5.97. The zero-order valence-corrected chi connectivity index (χ0v) is 17.3. The number of fused-ring (bicyclic) bond motifs is 1. The quantitative estimate of drug-likeness (QED) is 0.368. The second-order valence-corrected chi connectivity index (χ2v) is 8.18. The average molecular weight is 437 g/mol. The number of carbonyl (C=O) groups is 1. The van der Waals surface area contributed by atoms with Gasteiger partial charge in [-0.05, 0) is 42.7 Å². The summed E-state index contributed by atoms with van der Waals surface area (Å²) in [6.45, 7) is 0. The van der Waals surface area contributed by atoms with E-state index in [-0.39, 0.29) is 18.2 Å². The molecule has 0 amide bonds. The number of hydrogen-bond acceptors (Lipinski definition) is 4. The number of rotatable bonds is 8. The number of halogens is 1. The Morgan fingerprint density at radius 1 is 1.16 bits per heavy atom. The van der Waals surface area contributed by atoms with Crippen molar-refractivity contribution < 1.29 is 29.2 Å². The van der Waals surface area contributed by atoms with Crippen LogP contribution in [-0.2, 0) is 4.79 Å². The molecule has 1 aromatic heterocycles. The molecule has 6 nitrogen and oxygen atoms in total. The van der Waals surface area contributed by atoms with Gasteiger partial charge in [0.2, 0.25) is 11.2 Å². The van der Waals surface area contributed by atoms with Crippen molar-refractivity contribution in [1.29, 1.82) is 0 Å². The molecular weight excluding hydrogens is 413 g/mol. The summed E-state index contributed by atoms with van der Waals surface area (Å²) in [5.74, 6) is -1.42. The Morgan fingerprint density at radius 3 is 2.50 bits per heavy atom. The van der Waals surface area contributed by atoms with Crippen LogP contribution in [0.4, 0.5) is 4.39 Å². The van der Waals surface area contributed by atoms with Crippen LogP contribution >= 0.6 is 0 Å². The molecule has 1 saturated carbocycles. The third-order valence-electron chi connectivity index (χ3n) is 5.66. The molecule has 166 valence electrons. The third kappa shape index (κ3) is 4.64. The second kappa shape index (κ2) is 9.06. The van der Waals surface area contributed by atoms with Crippen LogP contribution in [0.1, 0.15) is 42.9 Å². The molecule has 3 aromatic rings. The van der Waals surface area contributed by atoms with Crippen molar-refractivity contribution in [2.24, 2.45) is 0 Å². The summed E-state index contributed by atoms with van der Waals surface area (Å²) >= 11 is 0. The van der Waals surface area contributed by atoms with Crippen LogP contribution in [0.5, 0.6) is 0 Å². The van der Waals surface area contributed by atoms with Gasteiger partial charge in [0.25, 0.3) is 0 Å². The first kappa shape index (κ1) is 21.9. The highest BCUT2D eigenvalue weighted by atomic mass is 19.1. The van der Waals surface area contributed by atoms with Crippen LogP contribution in [0.15, 0.2) is 54.6 Å². The maximum atomic E-state index is 13.6. The Morgan fingerprint density at radius 2 is 1.84 bits per heavy atom. The molecule has 1 aliphatic carbocycles. The molecule has 32 heavy (non-hydrogen) atoms. The van der Waals surface area contributed by atoms with Gasteiger partial charge in [-0.25, -0.2) is 4.39 Å². The Balaban J connectivity index is 1.84. The summed E-state index contributed by atoms with van der Waals surface area (Å²) in [6, 6.07) is 13.3. The van der Waals surface area contributed by atoms with Gasteiger partial charge in [-0.2, -0.15) is 4.73 Å². The largest absolute Gasteiger partial charge is 0.618 e. The van der Waals surface area contributed by atoms with E-state index in [0.717, 1.165) is 28.7 Å². The number of carboxylic acid groups (broad SMARTS) is 1. The van der Waals surface area contributed by atoms with E-state index < -0.39 is 24.6 Å². The molecule has 0 aliphatic heterocycles. The fourth-order valence-electron chi connectivity index (χ4n) is 4.06. The normalized spacial score (nSPS) is 15.8. The van der Waals surface area contributed by atoms with Gasteiger partial charge in [-0.3, -0.25) is 4.79 Å². The average Bonchev–Trinajstić information content (AvgIpc) is 3.58. The predicted molar refractivity (Wildman–Crippen MR) is 118 cm³/mol. The zero-order valence-electron chi connectivity index (χ0n) is 17.3. The number of aliphatic hydroxyl groups excluding tert-OH is 2. The van der Waals surface area contributed by atoms with Crippen molar-refractivity contribution in [3.63, 3.8) is 0 Å². The summed E-state index contributed by atoms with van der Waals surface area (Å²) in [4.78, 5) is 10.8. The molecule has 1 aliphatic rings. The summed E-state index contributed by atoms with van der Waals surface area (Å²) in [5, 5.41) is 42.9. The molecule has 0 unspecified atom stereocenters. The first-order valence-electron chi connectivity index (χ1n) is 10.6. The smallest absolute Gasteiger partial charge is 0.305 e. The molecule has 0 bridgehead atoms. The zero-order chi connectivity index (χ0) is 22.8. The Bertz CT molecular complexity index is 1170. The molecule has 2 aromatic carbocycles. The molecule has 0 spiro atoms. The molecule has 1 fully saturated rings. The molecule has 7 heteroatoms. The van der Waals surface area contributed by atoms with E-state index in [1.54, 1.807) is 30.3 Å². The van der Waals surface area contributed by atoms with Crippen molar-refractivity contribution in [1.82, 2.24) is 0 Å². The van der Waals surface area contributed by atoms with Crippen molar-refractivity contribution in [3.05, 3.63) is 76.9 Å². The van der Waals surface area contributed by atoms with Crippen molar-refractivity contribution >= 4 is 22.9 Å². The predicted octanol–water partition coefficient (Wildman–Crippen LogP) is 3.76. The number of hydrogen-bond donors (Lipinski definition) is 3. The van der Waals surface area contributed by atoms with Crippen molar-refractivity contribution in [2.45, 2.75) is 43.8 Å². The van der Waals surface area contributed by atoms with Crippen LogP contribution in [0.25, 0.3) is 28.1 Å². The van der Waals surface area contributed by atoms with Crippen molar-refractivity contribution in [2.75, 3.05) is 0 Å². The van der Waals surface area contributed by atoms with E-state index in [2.05, 4.69) is 0 Å². The van der Waals surface area contributed by atoms with Crippen LogP contribution < -0.4 is 4.73 Å². The number of aliphatic hydroxyl groups is 2. The molecule has 0 saturated heterocycles. The van der Waals surface area contributed by atoms with E-state index >= 15 is 0 Å². The molecule has 0 radical (unpaired) electrons. The minimum atomic E-state index is -1.19. The van der Waals surface area contributed by atoms with Gasteiger partial charge in [0.05, 0.1) is 29.6 Å². The minimum absolute atomic E-state index is 0.0886. The SMILES string of the molecule is O=C(O)C[C@H](O)C[C@H](O)/C=C/c1c(-c2ccc(F)cc2)c2ccccc2[n+]([O-])c1C1CC1. The van der Waals surface area contributed by atoms with E-state index in [9.17, 15) is 24.6 Å². The lowest BCUT2D eigenvalue weighted by Crippen LogP contribution is -2.34. The van der Waals surface area contributed by atoms with E-state index in [0.29, 0.717) is 22.2 Å². The summed E-state index contributed by atoms with van der Waals surface area (Å²) in [7, 11) is 0. The van der Waals surface area contributed by atoms with E-state index in [4.69, 9.17) is 5.11 Å². The molecule has 4 rings (SSSR count). The first-order valence-corrected chi connectivity index (χ1v) is 10.6. The van der Waals surface area contributed by atoms with Gasteiger partial charge >= 0.3 is 5.97 Å². The van der Waals surface area contributed by atoms with Crippen LogP contribution in [0.2, 0.25) is 0 Å². The monoisotopic (exact) mass is 437 g/mol. The number of aliphatic carboxylic acids is 1. The van der Waals surface area contributed by atoms with Gasteiger partial charge in [0.15, 0.2) is 0 Å². The van der Waals surface area contributed by atoms with E-state index in [1.165, 1.54) is 18.2 Å². The number of carboxylic acids is 1. The number of benzene rings is 2. The number of nitrogens with zero attached hydrogens (tertiary/aromatic N) is 1. The van der Waals surface area contributed by atoms with E-state index in [1.807, 2.05) is 12.1 Å². The van der Waals surface area contributed by atoms with Gasteiger partial charge in [0, 0.05) is 24.0 Å². The lowest BCUT2D eigenvalue weighted by Gasteiger charge is -2.17. The molecule has 2 atom stereocenters. The second-order valence-electron chi connectivity index (χ2n) is 8.18. The Hall–Kier alpha value is -3.29. The highest BCUT2D eigenvalue weighted by Crippen LogP contribution is 2.44. The van der Waals surface area contributed by atoms with Gasteiger partial charge in [0.1, 0.15) is 5.82 Å². The fourth-order valence-corrected chi connectivity index (χ4v) is 4.06. The number of para-hydroxylation sites is 1. The minimum Gasteiger partial charge on any atom is -0.618 e. The number of aromatic nitrogens is 1. The topological polar surface area (TPSA) is 105 Å². The summed E-state index contributed by atoms with van der Waals surface area (Å²) < 4.78 is 14.5. The van der Waals surface area contributed by atoms with Crippen LogP contribution in [0.3, 0.4) is 0 Å². The lowest BCUT2D eigenvalue weighted by atomic mass is 9.92. The van der Waals surface area contributed by atoms with Crippen LogP contribution in [0, 0.1) is 11.0 Å². The Kier molecular flexibility index (Phi) is 6.21. The maximum Gasteiger partial charge on any atom is 0.305 e. The molecule has 3 N–H and O–H groups in total. The van der Waals surface area contributed by atoms with Crippen molar-refractivity contribution in [3.8, 4) is 11.1 Å². The van der Waals surface area contributed by atoms with Gasteiger partial charge in [-0.1, -0.05) is 30.3 Å². The maximum absolute atomic E-state index is 13.6. The third-order valence-corrected chi connectivity index (χ3v) is 5.66. The van der Waals surface area contributed by atoms with Gasteiger partial charge < -0.3 is 20.5 Å². The Labute approximate surface area is 184 Å².